The van der Waals surface area contributed by atoms with Crippen molar-refractivity contribution in [3.63, 3.8) is 0 Å². The third-order valence-corrected chi connectivity index (χ3v) is 11.6. The van der Waals surface area contributed by atoms with Crippen LogP contribution < -0.4 is 16.2 Å². The molecule has 59 heavy (non-hydrogen) atoms. The van der Waals surface area contributed by atoms with Crippen molar-refractivity contribution < 1.29 is 45.5 Å². The molecule has 0 saturated carbocycles. The first-order valence-corrected chi connectivity index (χ1v) is 19.5. The first-order chi connectivity index (χ1) is 27.9. The lowest BCUT2D eigenvalue weighted by Crippen LogP contribution is -2.51. The smallest absolute Gasteiger partial charge is 0.379 e. The fourth-order valence-electron chi connectivity index (χ4n) is 6.48. The quantitative estimate of drug-likeness (QED) is 0.140. The van der Waals surface area contributed by atoms with E-state index in [4.69, 9.17) is 5.26 Å². The van der Waals surface area contributed by atoms with Gasteiger partial charge in [0.05, 0.1) is 51.0 Å². The van der Waals surface area contributed by atoms with Crippen LogP contribution in [0.25, 0.3) is 10.8 Å². The number of piperazine rings is 1. The Morgan fingerprint density at radius 3 is 2.22 bits per heavy atom. The Kier molecular flexibility index (Phi) is 11.9. The number of aromatic amines is 1. The maximum absolute atomic E-state index is 14.9. The lowest BCUT2D eigenvalue weighted by molar-refractivity contribution is -0.138. The van der Waals surface area contributed by atoms with Gasteiger partial charge in [0.1, 0.15) is 5.82 Å². The van der Waals surface area contributed by atoms with Crippen LogP contribution in [-0.4, -0.2) is 95.3 Å². The molecule has 0 spiro atoms. The number of hydrogen-bond donors (Lipinski definition) is 4. The number of nitrogens with one attached hydrogen (secondary N) is 3. The molecule has 1 aliphatic rings. The van der Waals surface area contributed by atoms with Crippen molar-refractivity contribution in [1.29, 1.82) is 5.26 Å². The van der Waals surface area contributed by atoms with Gasteiger partial charge in [-0.05, 0) is 73.2 Å². The second-order valence-electron chi connectivity index (χ2n) is 13.9. The summed E-state index contributed by atoms with van der Waals surface area (Å²) in [6.45, 7) is 1.30. The van der Waals surface area contributed by atoms with Gasteiger partial charge in [0.15, 0.2) is 15.4 Å². The topological polar surface area (TPSA) is 206 Å². The predicted octanol–water partition coefficient (Wildman–Crippen LogP) is 4.10. The molecule has 5 aromatic rings. The number of carbonyl (C=O) groups is 3. The van der Waals surface area contributed by atoms with E-state index in [1.165, 1.54) is 52.3 Å². The molecule has 1 aromatic heterocycles. The number of nitriles is 1. The monoisotopic (exact) mass is 833 g/mol. The molecule has 1 fully saturated rings. The Labute approximate surface area is 334 Å². The minimum atomic E-state index is -4.91. The van der Waals surface area contributed by atoms with Crippen LogP contribution in [0.4, 0.5) is 28.9 Å². The maximum Gasteiger partial charge on any atom is 0.417 e. The van der Waals surface area contributed by atoms with Crippen LogP contribution in [0.15, 0.2) is 94.6 Å². The number of amides is 3. The standard InChI is InChI=1S/C40H35F4N7O7S/c1-39(56,38(55)47-27-8-7-25(21-45)32(20-27)40(42,43)44)23-59(57,58)28-11-9-26(10-12-28)46-22-35(52)50-14-16-51(17-15-50)37(54)31-18-24(6-13-33(31)41)19-34-29-4-2-3-5-30(29)36(53)49-48-34/h2-13,18,20,46,56H,14-17,19,22-23H2,1H3,(H,47,55)(H,49,53)/t39-/m0/s1. The van der Waals surface area contributed by atoms with Gasteiger partial charge < -0.3 is 25.5 Å². The van der Waals surface area contributed by atoms with Gasteiger partial charge in [0, 0.05) is 49.4 Å². The molecule has 0 radical (unpaired) electrons. The van der Waals surface area contributed by atoms with E-state index in [-0.39, 0.29) is 61.1 Å². The highest BCUT2D eigenvalue weighted by Crippen LogP contribution is 2.34. The Morgan fingerprint density at radius 2 is 1.56 bits per heavy atom. The van der Waals surface area contributed by atoms with Crippen molar-refractivity contribution in [1.82, 2.24) is 20.0 Å². The molecule has 0 bridgehead atoms. The lowest BCUT2D eigenvalue weighted by atomic mass is 10.0. The lowest BCUT2D eigenvalue weighted by Gasteiger charge is -2.35. The molecule has 4 N–H and O–H groups in total. The molecule has 1 saturated heterocycles. The number of aromatic nitrogens is 2. The van der Waals surface area contributed by atoms with E-state index in [9.17, 15) is 50.3 Å². The summed E-state index contributed by atoms with van der Waals surface area (Å²) in [5.74, 6) is -4.00. The normalized spacial score (nSPS) is 14.3. The molecule has 3 amide bonds. The fraction of sp³-hybridized carbons (Fsp3) is 0.250. The van der Waals surface area contributed by atoms with Gasteiger partial charge in [-0.25, -0.2) is 17.9 Å². The minimum Gasteiger partial charge on any atom is -0.379 e. The fourth-order valence-corrected chi connectivity index (χ4v) is 8.07. The third-order valence-electron chi connectivity index (χ3n) is 9.65. The molecule has 0 unspecified atom stereocenters. The summed E-state index contributed by atoms with van der Waals surface area (Å²) in [6.07, 6.45) is -4.68. The van der Waals surface area contributed by atoms with E-state index in [2.05, 4.69) is 20.8 Å². The van der Waals surface area contributed by atoms with Crippen LogP contribution >= 0.6 is 0 Å². The number of halogens is 4. The number of carbonyl (C=O) groups excluding carboxylic acids is 3. The predicted molar refractivity (Wildman–Crippen MR) is 206 cm³/mol. The molecular formula is C40H35F4N7O7S. The number of anilines is 2. The maximum atomic E-state index is 14.9. The van der Waals surface area contributed by atoms with Crippen molar-refractivity contribution in [3.05, 3.63) is 129 Å². The van der Waals surface area contributed by atoms with Gasteiger partial charge in [-0.3, -0.25) is 19.2 Å². The van der Waals surface area contributed by atoms with Gasteiger partial charge >= 0.3 is 6.18 Å². The molecule has 14 nitrogen and oxygen atoms in total. The van der Waals surface area contributed by atoms with Gasteiger partial charge in [0.25, 0.3) is 17.4 Å². The summed E-state index contributed by atoms with van der Waals surface area (Å²) in [4.78, 5) is 54.0. The Bertz CT molecular complexity index is 2650. The summed E-state index contributed by atoms with van der Waals surface area (Å²) >= 11 is 0. The number of benzene rings is 4. The van der Waals surface area contributed by atoms with Crippen LogP contribution in [0.3, 0.4) is 0 Å². The zero-order valence-corrected chi connectivity index (χ0v) is 32.0. The molecule has 4 aromatic carbocycles. The van der Waals surface area contributed by atoms with Crippen molar-refractivity contribution in [2.24, 2.45) is 0 Å². The van der Waals surface area contributed by atoms with Crippen LogP contribution in [0.2, 0.25) is 0 Å². The zero-order valence-electron chi connectivity index (χ0n) is 31.1. The number of fused-ring (bicyclic) bond motifs is 1. The molecular weight excluding hydrogens is 799 g/mol. The number of rotatable bonds is 11. The number of hydrogen-bond acceptors (Lipinski definition) is 10. The summed E-state index contributed by atoms with van der Waals surface area (Å²) in [5.41, 5.74) is -3.96. The molecule has 306 valence electrons. The molecule has 1 atom stereocenters. The van der Waals surface area contributed by atoms with Gasteiger partial charge in [0.2, 0.25) is 5.91 Å². The van der Waals surface area contributed by atoms with Crippen LogP contribution in [0.5, 0.6) is 0 Å². The highest BCUT2D eigenvalue weighted by molar-refractivity contribution is 7.91. The largest absolute Gasteiger partial charge is 0.417 e. The zero-order chi connectivity index (χ0) is 42.7. The van der Waals surface area contributed by atoms with E-state index in [1.54, 1.807) is 30.3 Å². The Balaban J connectivity index is 1.00. The minimum absolute atomic E-state index is 0.136. The number of aliphatic hydroxyl groups is 1. The summed E-state index contributed by atoms with van der Waals surface area (Å²) in [5, 5.41) is 32.4. The molecule has 6 rings (SSSR count). The summed E-state index contributed by atoms with van der Waals surface area (Å²) < 4.78 is 81.2. The first kappa shape index (κ1) is 42.0. The van der Waals surface area contributed by atoms with E-state index in [0.717, 1.165) is 19.1 Å². The van der Waals surface area contributed by atoms with E-state index >= 15 is 0 Å². The van der Waals surface area contributed by atoms with E-state index in [1.807, 2.05) is 0 Å². The van der Waals surface area contributed by atoms with Gasteiger partial charge in [-0.15, -0.1) is 0 Å². The highest BCUT2D eigenvalue weighted by atomic mass is 32.2. The number of sulfone groups is 1. The highest BCUT2D eigenvalue weighted by Gasteiger charge is 2.38. The van der Waals surface area contributed by atoms with E-state index in [0.29, 0.717) is 33.8 Å². The second kappa shape index (κ2) is 16.7. The Hall–Kier alpha value is -6.65. The second-order valence-corrected chi connectivity index (χ2v) is 15.9. The van der Waals surface area contributed by atoms with Gasteiger partial charge in [-0.2, -0.15) is 23.5 Å². The SMILES string of the molecule is C[C@](O)(CS(=O)(=O)c1ccc(NCC(=O)N2CCN(C(=O)c3cc(Cc4n[nH]c(=O)c5ccccc45)ccc3F)CC2)cc1)C(=O)Nc1ccc(C#N)c(C(F)(F)F)c1. The van der Waals surface area contributed by atoms with Gasteiger partial charge in [-0.1, -0.05) is 24.3 Å². The molecule has 19 heteroatoms. The van der Waals surface area contributed by atoms with Crippen molar-refractivity contribution in [2.75, 3.05) is 49.1 Å². The van der Waals surface area contributed by atoms with Crippen LogP contribution in [-0.2, 0) is 32.0 Å². The van der Waals surface area contributed by atoms with Crippen molar-refractivity contribution in [2.45, 2.75) is 30.0 Å². The first-order valence-electron chi connectivity index (χ1n) is 17.9. The average Bonchev–Trinajstić information content (AvgIpc) is 3.21. The van der Waals surface area contributed by atoms with Crippen molar-refractivity contribution in [3.8, 4) is 6.07 Å². The average molecular weight is 834 g/mol. The number of nitrogens with zero attached hydrogens (tertiary/aromatic N) is 4. The molecule has 1 aliphatic heterocycles. The molecule has 0 aliphatic carbocycles. The molecule has 2 heterocycles. The summed E-state index contributed by atoms with van der Waals surface area (Å²) in [6, 6.07) is 20.0. The van der Waals surface area contributed by atoms with Crippen molar-refractivity contribution >= 4 is 49.7 Å². The van der Waals surface area contributed by atoms with Crippen LogP contribution in [0.1, 0.15) is 39.7 Å². The van der Waals surface area contributed by atoms with E-state index < -0.39 is 61.8 Å². The number of alkyl halides is 3. The summed E-state index contributed by atoms with van der Waals surface area (Å²) in [7, 11) is -4.33. The number of H-pyrrole nitrogens is 1. The van der Waals surface area contributed by atoms with Crippen LogP contribution in [0, 0.1) is 17.1 Å². The third kappa shape index (κ3) is 9.56. The Morgan fingerprint density at radius 1 is 0.915 bits per heavy atom.